The van der Waals surface area contributed by atoms with Crippen LogP contribution in [-0.4, -0.2) is 295 Å². The van der Waals surface area contributed by atoms with Crippen molar-refractivity contribution in [3.63, 3.8) is 0 Å². The smallest absolute Gasteiger partial charge is 0.424 e. The van der Waals surface area contributed by atoms with Crippen LogP contribution in [0.5, 0.6) is 0 Å². The molecule has 8 N–H and O–H groups in total. The average Bonchev–Trinajstić information content (AvgIpc) is 1.60. The van der Waals surface area contributed by atoms with E-state index < -0.39 is 131 Å². The number of rotatable bonds is 54. The number of hydrazine groups is 1. The molecule has 146 heavy (non-hydrogen) atoms. The molecule has 10 rings (SSSR count). The molecule has 11 atom stereocenters. The van der Waals surface area contributed by atoms with Gasteiger partial charge in [-0.2, -0.15) is 0 Å². The molecular weight excluding hydrogens is 1890 g/mol. The summed E-state index contributed by atoms with van der Waals surface area (Å²) in [7, 11) is 9.59. The molecule has 2 fully saturated rings. The van der Waals surface area contributed by atoms with Crippen LogP contribution in [-0.2, 0) is 107 Å². The van der Waals surface area contributed by atoms with Gasteiger partial charge >= 0.3 is 24.2 Å². The summed E-state index contributed by atoms with van der Waals surface area (Å²) in [5, 5.41) is 23.8. The van der Waals surface area contributed by atoms with Gasteiger partial charge in [0.25, 0.3) is 0 Å². The van der Waals surface area contributed by atoms with Gasteiger partial charge in [-0.15, -0.1) is 11.3 Å². The molecule has 1 aliphatic carbocycles. The van der Waals surface area contributed by atoms with Crippen LogP contribution in [0.4, 0.5) is 20.1 Å². The number of pyridine rings is 1. The quantitative estimate of drug-likeness (QED) is 0.00806. The molecule has 13 amide bonds. The Balaban J connectivity index is 0.710. The molecule has 0 bridgehead atoms. The third-order valence-corrected chi connectivity index (χ3v) is 28.4. The van der Waals surface area contributed by atoms with Gasteiger partial charge in [0.2, 0.25) is 53.2 Å². The fraction of sp³-hybridized carbons (Fsp3) is 0.565. The maximum Gasteiger partial charge on any atom is 0.424 e. The van der Waals surface area contributed by atoms with E-state index in [2.05, 4.69) is 61.2 Å². The number of nitrogens with two attached hydrogens (primary N) is 1. The van der Waals surface area contributed by atoms with Crippen LogP contribution in [0.15, 0.2) is 139 Å². The first-order valence-corrected chi connectivity index (χ1v) is 51.8. The molecule has 4 aromatic carbocycles. The Morgan fingerprint density at radius 2 is 1.29 bits per heavy atom. The number of nitrogens with one attached hydrogen (secondary N) is 6. The standard InChI is InChI=1S/C108H153N17O20S/c1-19-71(8)96(87(139-17)64-91(129)125-52-29-38-86(125)97(140-18)72(9)99(131)115-85(103-111-51-61-146-103)62-73-30-21-20-22-31-73)119(14)104(135)94(69(4)5)117-102(134)95(70(6)7)120(15)106(137)143-66-74-39-41-76(42-40-74)113-100(132)84(37-28-50-112-105(109)136)114-101(133)93(68(2)3)116-88(126)43-44-90(128)123(56-58-142-60-59-141-57-48-92(130)145-108(10,11)12)77-45-53-122(54-46-77)89(127)47-55-124-78(63-75-32-27-49-110-98(75)124)65-118(13)121(16)107(138)144-67-83-81-35-25-23-33-79(81)80-34-24-26-36-82(80)83/h20-27,30-36,39-42,49,51,61,63,68-72,77,83-87,93-97H,19,28-29,37-38,43-48,50,52-60,62,64-67H2,1-18H3,(H,113,132)(H,114,133)(H,115,131)(H,116,126)(H,117,134)(H3,109,112,136)/t71-,72+,84-,85-,86-,87+,93-,94-,95-,96-,97+/m0/s1. The number of carbonyl (C=O) groups is 13. The first-order chi connectivity index (χ1) is 69.7. The molecule has 2 aliphatic heterocycles. The van der Waals surface area contributed by atoms with Gasteiger partial charge in [-0.25, -0.2) is 34.4 Å². The van der Waals surface area contributed by atoms with E-state index in [4.69, 9.17) is 43.9 Å². The monoisotopic (exact) mass is 2040 g/mol. The Labute approximate surface area is 862 Å². The van der Waals surface area contributed by atoms with Crippen molar-refractivity contribution >= 4 is 105 Å². The number of likely N-dealkylation sites (N-methyl/N-ethyl adjacent to an activating group) is 2. The van der Waals surface area contributed by atoms with Crippen molar-refractivity contribution in [2.24, 2.45) is 35.3 Å². The fourth-order valence-corrected chi connectivity index (χ4v) is 20.1. The summed E-state index contributed by atoms with van der Waals surface area (Å²) in [6.45, 7) is 23.9. The summed E-state index contributed by atoms with van der Waals surface area (Å²) < 4.78 is 43.1. The highest BCUT2D eigenvalue weighted by Crippen LogP contribution is 2.45. The van der Waals surface area contributed by atoms with Crippen molar-refractivity contribution in [3.05, 3.63) is 172 Å². The Kier molecular flexibility index (Phi) is 44.2. The van der Waals surface area contributed by atoms with Crippen LogP contribution in [0, 0.1) is 29.6 Å². The van der Waals surface area contributed by atoms with Gasteiger partial charge < -0.3 is 95.0 Å². The minimum atomic E-state index is -1.23. The number of likely N-dealkylation sites (tertiary alicyclic amines) is 2. The molecule has 796 valence electrons. The number of piperidine rings is 1. The SMILES string of the molecule is CC[C@H](C)[C@@H]([C@@H](CC(=O)N1CCC[C@H]1[C@H](OC)[C@@H](C)C(=O)N[C@@H](Cc1ccccc1)c1nccs1)OC)N(C)C(=O)[C@@H](NC(=O)[C@H](C(C)C)N(C)C(=O)OCc1ccc(NC(=O)[C@H](CCCNC(N)=O)NC(=O)[C@@H](NC(=O)CCC(=O)N(CCOCCOCCC(=O)OC(C)(C)C)C2CCN(C(=O)CCn3c(CN(C)N(C)C(=O)OCC4c5ccccc5-c5ccccc54)cc4cccnc43)CC2)C(C)C)cc1)C(C)C. The van der Waals surface area contributed by atoms with E-state index in [-0.39, 0.29) is 164 Å². The number of fused-ring (bicyclic) bond motifs is 4. The van der Waals surface area contributed by atoms with Gasteiger partial charge in [0.05, 0.1) is 82.1 Å². The number of nitrogens with zero attached hydrogens (tertiary/aromatic N) is 10. The molecule has 7 aromatic rings. The minimum Gasteiger partial charge on any atom is -0.460 e. The Morgan fingerprint density at radius 3 is 1.91 bits per heavy atom. The van der Waals surface area contributed by atoms with Crippen molar-refractivity contribution in [2.45, 2.75) is 258 Å². The Hall–Kier alpha value is -12.5. The lowest BCUT2D eigenvalue weighted by atomic mass is 9.89. The number of primary amides is 1. The van der Waals surface area contributed by atoms with Crippen LogP contribution >= 0.6 is 11.3 Å². The van der Waals surface area contributed by atoms with E-state index in [0.717, 1.165) is 43.9 Å². The maximum absolute atomic E-state index is 15.1. The number of aryl methyl sites for hydroxylation is 1. The summed E-state index contributed by atoms with van der Waals surface area (Å²) in [6.07, 6.45) is 3.52. The number of urea groups is 1. The zero-order chi connectivity index (χ0) is 106. The van der Waals surface area contributed by atoms with Crippen LogP contribution in [0.1, 0.15) is 205 Å². The lowest BCUT2D eigenvalue weighted by Crippen LogP contribution is -2.60. The number of anilines is 1. The molecule has 0 saturated carbocycles. The molecule has 0 spiro atoms. The molecule has 0 radical (unpaired) electrons. The van der Waals surface area contributed by atoms with E-state index in [1.165, 1.54) is 35.4 Å². The van der Waals surface area contributed by atoms with E-state index in [9.17, 15) is 57.5 Å². The predicted octanol–water partition coefficient (Wildman–Crippen LogP) is 11.9. The van der Waals surface area contributed by atoms with Gasteiger partial charge in [0.1, 0.15) is 53.6 Å². The number of hydrogen-bond donors (Lipinski definition) is 7. The van der Waals surface area contributed by atoms with Gasteiger partial charge in [-0.3, -0.25) is 52.8 Å². The molecular formula is C108H153N17O20S. The number of aromatic nitrogens is 3. The van der Waals surface area contributed by atoms with E-state index in [1.807, 2.05) is 104 Å². The summed E-state index contributed by atoms with van der Waals surface area (Å²) in [5.41, 5.74) is 12.5. The van der Waals surface area contributed by atoms with Crippen LogP contribution in [0.25, 0.3) is 22.2 Å². The Bertz CT molecular complexity index is 5430. The van der Waals surface area contributed by atoms with E-state index in [0.29, 0.717) is 69.4 Å². The van der Waals surface area contributed by atoms with Gasteiger partial charge in [-0.1, -0.05) is 160 Å². The number of benzene rings is 4. The lowest BCUT2D eigenvalue weighted by Gasteiger charge is -2.41. The largest absolute Gasteiger partial charge is 0.460 e. The number of hydrogen-bond acceptors (Lipinski definition) is 24. The highest BCUT2D eigenvalue weighted by molar-refractivity contribution is 7.09. The predicted molar refractivity (Wildman–Crippen MR) is 554 cm³/mol. The van der Waals surface area contributed by atoms with Crippen LogP contribution in [0.2, 0.25) is 0 Å². The zero-order valence-electron chi connectivity index (χ0n) is 88.0. The number of methoxy groups -OCH3 is 2. The lowest BCUT2D eigenvalue weighted by molar-refractivity contribution is -0.156. The summed E-state index contributed by atoms with van der Waals surface area (Å²) in [4.78, 5) is 200. The maximum atomic E-state index is 15.1. The second-order valence-corrected chi connectivity index (χ2v) is 41.0. The minimum absolute atomic E-state index is 0.00393. The Morgan fingerprint density at radius 1 is 0.623 bits per heavy atom. The summed E-state index contributed by atoms with van der Waals surface area (Å²) in [5.74, 6) is -6.77. The molecule has 3 aliphatic rings. The normalized spacial score (nSPS) is 15.8. The number of amides is 13. The number of carbonyl (C=O) groups excluding carboxylic acids is 13. The van der Waals surface area contributed by atoms with E-state index >= 15 is 4.79 Å². The molecule has 37 nitrogen and oxygen atoms in total. The molecule has 5 heterocycles. The third kappa shape index (κ3) is 32.5. The third-order valence-electron chi connectivity index (χ3n) is 27.6. The van der Waals surface area contributed by atoms with Crippen LogP contribution in [0.3, 0.4) is 0 Å². The van der Waals surface area contributed by atoms with Crippen molar-refractivity contribution in [2.75, 3.05) is 113 Å². The molecule has 0 unspecified atom stereocenters. The van der Waals surface area contributed by atoms with Crippen molar-refractivity contribution in [3.8, 4) is 11.1 Å². The first-order valence-electron chi connectivity index (χ1n) is 51.0. The second kappa shape index (κ2) is 55.9. The summed E-state index contributed by atoms with van der Waals surface area (Å²) in [6, 6.07) is 31.1. The second-order valence-electron chi connectivity index (χ2n) is 40.1. The van der Waals surface area contributed by atoms with Crippen molar-refractivity contribution < 1.29 is 95.5 Å². The first kappa shape index (κ1) is 115. The topological polar surface area (TPSA) is 438 Å². The highest BCUT2D eigenvalue weighted by Gasteiger charge is 2.46. The fourth-order valence-electron chi connectivity index (χ4n) is 19.5. The van der Waals surface area contributed by atoms with Gasteiger partial charge in [-0.05, 0) is 153 Å². The van der Waals surface area contributed by atoms with Crippen molar-refractivity contribution in [1.82, 2.24) is 75.6 Å². The van der Waals surface area contributed by atoms with Gasteiger partial charge in [0, 0.05) is 147 Å². The van der Waals surface area contributed by atoms with Crippen LogP contribution < -0.4 is 37.6 Å². The molecule has 2 saturated heterocycles. The molecule has 38 heteroatoms. The number of ether oxygens (including phenoxy) is 7. The van der Waals surface area contributed by atoms with Crippen molar-refractivity contribution in [1.29, 1.82) is 0 Å². The highest BCUT2D eigenvalue weighted by atomic mass is 32.1. The average molecular weight is 2040 g/mol. The molecule has 3 aromatic heterocycles. The number of thiazole rings is 1. The van der Waals surface area contributed by atoms with Gasteiger partial charge in [0.15, 0.2) is 0 Å². The van der Waals surface area contributed by atoms with E-state index in [1.54, 1.807) is 152 Å². The summed E-state index contributed by atoms with van der Waals surface area (Å²) >= 11 is 1.46. The zero-order valence-corrected chi connectivity index (χ0v) is 88.8. The number of esters is 1.